The molecule has 0 rings (SSSR count). The molecule has 0 fully saturated rings. The molecule has 0 spiro atoms. The van der Waals surface area contributed by atoms with E-state index >= 15 is 0 Å². The van der Waals surface area contributed by atoms with Crippen LogP contribution in [0.25, 0.3) is 0 Å². The molecule has 0 aromatic heterocycles. The van der Waals surface area contributed by atoms with Gasteiger partial charge in [0, 0.05) is 0 Å². The van der Waals surface area contributed by atoms with Gasteiger partial charge >= 0.3 is 43.0 Å². The first-order valence-corrected chi connectivity index (χ1v) is 7.08. The van der Waals surface area contributed by atoms with Crippen LogP contribution in [0.2, 0.25) is 16.6 Å². The third-order valence-electron chi connectivity index (χ3n) is 0.539. The molecule has 1 radical (unpaired) electrons. The summed E-state index contributed by atoms with van der Waals surface area (Å²) in [7, 11) is 0. The number of hydrogen-bond acceptors (Lipinski definition) is 0. The van der Waals surface area contributed by atoms with Crippen molar-refractivity contribution < 1.29 is 5.11 Å². The first-order chi connectivity index (χ1) is 2.77. The van der Waals surface area contributed by atoms with Gasteiger partial charge < -0.3 is 0 Å². The van der Waals surface area contributed by atoms with E-state index in [4.69, 9.17) is 0 Å². The van der Waals surface area contributed by atoms with Crippen LogP contribution in [-0.4, -0.2) is 21.3 Å². The Hall–Kier alpha value is 0.518. The van der Waals surface area contributed by atoms with Crippen LogP contribution in [0.3, 0.4) is 0 Å². The van der Waals surface area contributed by atoms with Crippen LogP contribution in [0.5, 0.6) is 0 Å². The molecule has 0 aliphatic heterocycles. The van der Waals surface area contributed by atoms with Gasteiger partial charge in [0.15, 0.2) is 0 Å². The SMILES string of the molecule is C[As](C)CC[O]. The molecule has 0 unspecified atom stereocenters. The van der Waals surface area contributed by atoms with Gasteiger partial charge in [-0.1, -0.05) is 0 Å². The summed E-state index contributed by atoms with van der Waals surface area (Å²) in [6.45, 7) is 0.146. The quantitative estimate of drug-likeness (QED) is 0.525. The zero-order valence-corrected chi connectivity index (χ0v) is 6.15. The summed E-state index contributed by atoms with van der Waals surface area (Å²) in [5.41, 5.74) is 4.40. The summed E-state index contributed by atoms with van der Waals surface area (Å²) in [6, 6.07) is 0. The Morgan fingerprint density at radius 1 is 1.50 bits per heavy atom. The van der Waals surface area contributed by atoms with E-state index in [1.165, 1.54) is 0 Å². The Morgan fingerprint density at radius 3 is 2.00 bits per heavy atom. The Morgan fingerprint density at radius 2 is 2.00 bits per heavy atom. The first-order valence-electron chi connectivity index (χ1n) is 2.00. The minimum atomic E-state index is -0.536. The predicted octanol–water partition coefficient (Wildman–Crippen LogP) is 1.17. The van der Waals surface area contributed by atoms with Gasteiger partial charge in [-0.3, -0.25) is 0 Å². The van der Waals surface area contributed by atoms with E-state index in [0.717, 1.165) is 5.21 Å². The second-order valence-corrected chi connectivity index (χ2v) is 6.98. The summed E-state index contributed by atoms with van der Waals surface area (Å²) in [5, 5.41) is 10.7. The summed E-state index contributed by atoms with van der Waals surface area (Å²) in [6.07, 6.45) is 0. The van der Waals surface area contributed by atoms with Crippen LogP contribution in [0.1, 0.15) is 0 Å². The molecule has 0 saturated carbocycles. The molecule has 0 aromatic rings. The van der Waals surface area contributed by atoms with E-state index in [1.807, 2.05) is 0 Å². The average molecular weight is 149 g/mol. The van der Waals surface area contributed by atoms with Crippen molar-refractivity contribution in [1.82, 2.24) is 0 Å². The zero-order valence-electron chi connectivity index (χ0n) is 4.27. The van der Waals surface area contributed by atoms with E-state index in [2.05, 4.69) is 11.4 Å². The second kappa shape index (κ2) is 3.70. The molecule has 6 heavy (non-hydrogen) atoms. The Kier molecular flexibility index (Phi) is 4.02. The maximum atomic E-state index is 9.78. The molecule has 2 heteroatoms. The molecule has 1 nitrogen and oxygen atoms in total. The third-order valence-corrected chi connectivity index (χ3v) is 2.80. The third kappa shape index (κ3) is 4.52. The van der Waals surface area contributed by atoms with Crippen molar-refractivity contribution >= 4 is 14.7 Å². The van der Waals surface area contributed by atoms with Gasteiger partial charge in [-0.15, -0.1) is 0 Å². The molecule has 0 atom stereocenters. The zero-order chi connectivity index (χ0) is 4.99. The van der Waals surface area contributed by atoms with E-state index in [1.54, 1.807) is 0 Å². The van der Waals surface area contributed by atoms with Crippen LogP contribution >= 0.6 is 0 Å². The van der Waals surface area contributed by atoms with Crippen molar-refractivity contribution in [2.45, 2.75) is 16.6 Å². The maximum absolute atomic E-state index is 9.78. The van der Waals surface area contributed by atoms with Crippen LogP contribution in [0, 0.1) is 0 Å². The van der Waals surface area contributed by atoms with Gasteiger partial charge in [-0.05, 0) is 0 Å². The molecular weight excluding hydrogens is 139 g/mol. The van der Waals surface area contributed by atoms with Gasteiger partial charge in [0.1, 0.15) is 0 Å². The fourth-order valence-corrected chi connectivity index (χ4v) is 0.949. The van der Waals surface area contributed by atoms with Gasteiger partial charge in [-0.2, -0.15) is 0 Å². The van der Waals surface area contributed by atoms with Crippen LogP contribution < -0.4 is 0 Å². The van der Waals surface area contributed by atoms with Crippen LogP contribution in [0.15, 0.2) is 0 Å². The minimum absolute atomic E-state index is 0.146. The second-order valence-electron chi connectivity index (χ2n) is 1.51. The summed E-state index contributed by atoms with van der Waals surface area (Å²) in [5.74, 6) is 0. The van der Waals surface area contributed by atoms with Crippen molar-refractivity contribution in [1.29, 1.82) is 0 Å². The van der Waals surface area contributed by atoms with Crippen LogP contribution in [-0.2, 0) is 5.11 Å². The van der Waals surface area contributed by atoms with E-state index in [-0.39, 0.29) is 6.61 Å². The molecule has 0 aliphatic carbocycles. The van der Waals surface area contributed by atoms with Crippen molar-refractivity contribution in [3.05, 3.63) is 0 Å². The van der Waals surface area contributed by atoms with Crippen LogP contribution in [0.4, 0.5) is 0 Å². The topological polar surface area (TPSA) is 19.9 Å². The van der Waals surface area contributed by atoms with Gasteiger partial charge in [0.25, 0.3) is 0 Å². The Balaban J connectivity index is 2.63. The standard InChI is InChI=1S/C4H10AsO/c1-5(2)3-4-6/h3-4H2,1-2H3. The summed E-state index contributed by atoms with van der Waals surface area (Å²) < 4.78 is 0. The average Bonchev–Trinajstić information content (AvgIpc) is 1.35. The van der Waals surface area contributed by atoms with Gasteiger partial charge in [-0.25, -0.2) is 0 Å². The number of rotatable bonds is 2. The molecule has 0 N–H and O–H groups in total. The molecule has 0 saturated heterocycles. The van der Waals surface area contributed by atoms with E-state index in [0.29, 0.717) is 0 Å². The molecule has 0 bridgehead atoms. The van der Waals surface area contributed by atoms with Gasteiger partial charge in [0.2, 0.25) is 0 Å². The Labute approximate surface area is 43.6 Å². The monoisotopic (exact) mass is 149 g/mol. The molecule has 0 aliphatic rings. The molecule has 0 aromatic carbocycles. The normalized spacial score (nSPS) is 10.0. The fraction of sp³-hybridized carbons (Fsp3) is 1.00. The fourth-order valence-electron chi connectivity index (χ4n) is 0.183. The van der Waals surface area contributed by atoms with Crippen molar-refractivity contribution in [3.63, 3.8) is 0 Å². The van der Waals surface area contributed by atoms with E-state index in [9.17, 15) is 5.11 Å². The van der Waals surface area contributed by atoms with Crippen molar-refractivity contribution in [3.8, 4) is 0 Å². The first kappa shape index (κ1) is 6.52. The predicted molar refractivity (Wildman–Crippen MR) is 27.8 cm³/mol. The summed E-state index contributed by atoms with van der Waals surface area (Å²) in [4.78, 5) is 0. The van der Waals surface area contributed by atoms with Crippen molar-refractivity contribution in [2.24, 2.45) is 0 Å². The molecular formula is C4H10AsO. The molecule has 0 amide bonds. The van der Waals surface area contributed by atoms with E-state index < -0.39 is 14.7 Å². The molecule has 0 heterocycles. The van der Waals surface area contributed by atoms with Gasteiger partial charge in [0.05, 0.1) is 0 Å². The van der Waals surface area contributed by atoms with Crippen molar-refractivity contribution in [2.75, 3.05) is 6.61 Å². The molecule has 37 valence electrons. The summed E-state index contributed by atoms with van der Waals surface area (Å²) >= 11 is -0.536. The number of hydrogen-bond donors (Lipinski definition) is 0. The Bertz CT molecular complexity index is 28.7.